The molecule has 0 saturated carbocycles. The number of carbonyl (C=O) groups is 1. The van der Waals surface area contributed by atoms with Gasteiger partial charge in [-0.2, -0.15) is 0 Å². The Morgan fingerprint density at radius 2 is 2.06 bits per heavy atom. The summed E-state index contributed by atoms with van der Waals surface area (Å²) < 4.78 is 0. The van der Waals surface area contributed by atoms with Crippen LogP contribution in [0.25, 0.3) is 0 Å². The van der Waals surface area contributed by atoms with Gasteiger partial charge in [-0.1, -0.05) is 0 Å². The van der Waals surface area contributed by atoms with Gasteiger partial charge in [0.25, 0.3) is 0 Å². The van der Waals surface area contributed by atoms with Gasteiger partial charge >= 0.3 is 5.97 Å². The normalized spacial score (nSPS) is 9.81. The van der Waals surface area contributed by atoms with Gasteiger partial charge in [0.15, 0.2) is 0 Å². The van der Waals surface area contributed by atoms with Gasteiger partial charge in [-0.3, -0.25) is 4.99 Å². The van der Waals surface area contributed by atoms with Crippen molar-refractivity contribution in [2.24, 2.45) is 4.99 Å². The number of halogens is 1. The van der Waals surface area contributed by atoms with Gasteiger partial charge in [0.05, 0.1) is 18.6 Å². The lowest BCUT2D eigenvalue weighted by molar-refractivity contribution is 0.0697. The average molecular weight is 244 g/mol. The lowest BCUT2D eigenvalue weighted by atomic mass is 10.2. The minimum Gasteiger partial charge on any atom is -0.478 e. The molecule has 6 heteroatoms. The maximum Gasteiger partial charge on any atom is 0.335 e. The second kappa shape index (κ2) is 7.67. The van der Waals surface area contributed by atoms with Crippen molar-refractivity contribution < 1.29 is 9.90 Å². The fourth-order valence-corrected chi connectivity index (χ4v) is 0.966. The summed E-state index contributed by atoms with van der Waals surface area (Å²) in [6, 6.07) is 6.46. The topological polar surface area (TPSA) is 73.7 Å². The first-order chi connectivity index (χ1) is 7.24. The molecule has 0 aromatic heterocycles. The van der Waals surface area contributed by atoms with Crippen LogP contribution in [0.5, 0.6) is 0 Å². The molecule has 0 unspecified atom stereocenters. The summed E-state index contributed by atoms with van der Waals surface area (Å²) in [5.41, 5.74) is 1.08. The monoisotopic (exact) mass is 243 g/mol. The average Bonchev–Trinajstić information content (AvgIpc) is 2.25. The molecule has 5 nitrogen and oxygen atoms in total. The van der Waals surface area contributed by atoms with Gasteiger partial charge in [0.1, 0.15) is 0 Å². The molecule has 0 saturated heterocycles. The number of rotatable bonds is 5. The first-order valence-electron chi connectivity index (χ1n) is 4.47. The van der Waals surface area contributed by atoms with Gasteiger partial charge in [0.2, 0.25) is 0 Å². The highest BCUT2D eigenvalue weighted by atomic mass is 35.5. The number of nitrogens with zero attached hydrogens (tertiary/aromatic N) is 1. The minimum absolute atomic E-state index is 0. The second-order valence-electron chi connectivity index (χ2n) is 2.85. The summed E-state index contributed by atoms with van der Waals surface area (Å²) in [6.45, 7) is 0.542. The van der Waals surface area contributed by atoms with E-state index in [1.165, 1.54) is 12.1 Å². The van der Waals surface area contributed by atoms with Crippen molar-refractivity contribution in [3.8, 4) is 0 Å². The molecule has 0 heterocycles. The van der Waals surface area contributed by atoms with Crippen LogP contribution in [-0.2, 0) is 0 Å². The number of aliphatic imine (C=N–C) groups is 1. The van der Waals surface area contributed by atoms with Crippen LogP contribution in [0.4, 0.5) is 5.69 Å². The number of hydrogen-bond acceptors (Lipinski definition) is 3. The van der Waals surface area contributed by atoms with Gasteiger partial charge in [-0.15, -0.1) is 12.4 Å². The predicted molar refractivity (Wildman–Crippen MR) is 66.7 cm³/mol. The lowest BCUT2D eigenvalue weighted by Gasteiger charge is -2.00. The Labute approximate surface area is 100.0 Å². The third kappa shape index (κ3) is 4.77. The Bertz CT molecular complexity index is 352. The fourth-order valence-electron chi connectivity index (χ4n) is 0.966. The number of nitrogens with one attached hydrogen (secondary N) is 2. The van der Waals surface area contributed by atoms with Gasteiger partial charge in [0, 0.05) is 5.69 Å². The number of hydrogen-bond donors (Lipinski definition) is 3. The van der Waals surface area contributed by atoms with E-state index in [4.69, 9.17) is 5.11 Å². The first kappa shape index (κ1) is 14.4. The van der Waals surface area contributed by atoms with Crippen LogP contribution >= 0.6 is 12.4 Å². The number of carboxylic acid groups (broad SMARTS) is 1. The highest BCUT2D eigenvalue weighted by molar-refractivity contribution is 5.88. The molecule has 88 valence electrons. The van der Waals surface area contributed by atoms with Crippen molar-refractivity contribution in [2.75, 3.05) is 19.0 Å². The molecule has 0 aliphatic carbocycles. The number of carboxylic acids is 1. The molecule has 0 atom stereocenters. The summed E-state index contributed by atoms with van der Waals surface area (Å²) in [5.74, 6) is -0.926. The van der Waals surface area contributed by atoms with Crippen molar-refractivity contribution >= 4 is 30.4 Å². The van der Waals surface area contributed by atoms with E-state index < -0.39 is 5.97 Å². The molecule has 0 fully saturated rings. The molecule has 16 heavy (non-hydrogen) atoms. The van der Waals surface area contributed by atoms with Crippen LogP contribution in [0, 0.1) is 0 Å². The molecule has 3 N–H and O–H groups in total. The molecule has 0 aliphatic heterocycles. The third-order valence-electron chi connectivity index (χ3n) is 1.70. The molecule has 1 aromatic rings. The molecule has 0 spiro atoms. The lowest BCUT2D eigenvalue weighted by Crippen LogP contribution is -2.06. The van der Waals surface area contributed by atoms with E-state index in [0.29, 0.717) is 6.67 Å². The molecule has 1 aromatic carbocycles. The van der Waals surface area contributed by atoms with Crippen LogP contribution in [-0.4, -0.2) is 31.1 Å². The van der Waals surface area contributed by atoms with E-state index in [1.54, 1.807) is 25.5 Å². The highest BCUT2D eigenvalue weighted by Gasteiger charge is 2.00. The minimum atomic E-state index is -0.926. The quantitative estimate of drug-likeness (QED) is 0.540. The van der Waals surface area contributed by atoms with E-state index in [-0.39, 0.29) is 18.0 Å². The predicted octanol–water partition coefficient (Wildman–Crippen LogP) is 1.42. The summed E-state index contributed by atoms with van der Waals surface area (Å²) in [7, 11) is 1.80. The maximum absolute atomic E-state index is 10.6. The van der Waals surface area contributed by atoms with Crippen molar-refractivity contribution in [1.82, 2.24) is 5.32 Å². The van der Waals surface area contributed by atoms with Crippen LogP contribution in [0.1, 0.15) is 10.4 Å². The standard InChI is InChI=1S/C10H13N3O2.ClH/c1-11-6-12-7-13-9-4-2-8(3-5-9)10(14)15;/h2-5,7,11H,6H2,1H3,(H,12,13)(H,14,15);1H. The van der Waals surface area contributed by atoms with E-state index in [1.807, 2.05) is 0 Å². The Kier molecular flexibility index (Phi) is 6.91. The van der Waals surface area contributed by atoms with Crippen LogP contribution in [0.3, 0.4) is 0 Å². The first-order valence-corrected chi connectivity index (χ1v) is 4.47. The molecule has 0 amide bonds. The van der Waals surface area contributed by atoms with Gasteiger partial charge < -0.3 is 15.7 Å². The second-order valence-corrected chi connectivity index (χ2v) is 2.85. The van der Waals surface area contributed by atoms with Crippen LogP contribution < -0.4 is 10.6 Å². The van der Waals surface area contributed by atoms with E-state index in [0.717, 1.165) is 5.69 Å². The fraction of sp³-hybridized carbons (Fsp3) is 0.200. The SMILES string of the molecule is CNCN=CNc1ccc(C(=O)O)cc1.Cl. The summed E-state index contributed by atoms with van der Waals surface area (Å²) in [5, 5.41) is 14.5. The zero-order valence-electron chi connectivity index (χ0n) is 8.80. The Morgan fingerprint density at radius 3 is 2.56 bits per heavy atom. The van der Waals surface area contributed by atoms with Crippen molar-refractivity contribution in [3.05, 3.63) is 29.8 Å². The largest absolute Gasteiger partial charge is 0.478 e. The van der Waals surface area contributed by atoms with Crippen LogP contribution in [0.15, 0.2) is 29.3 Å². The Morgan fingerprint density at radius 1 is 1.44 bits per heavy atom. The Hall–Kier alpha value is -1.59. The van der Waals surface area contributed by atoms with E-state index >= 15 is 0 Å². The maximum atomic E-state index is 10.6. The van der Waals surface area contributed by atoms with Crippen molar-refractivity contribution in [1.29, 1.82) is 0 Å². The van der Waals surface area contributed by atoms with Crippen LogP contribution in [0.2, 0.25) is 0 Å². The van der Waals surface area contributed by atoms with Gasteiger partial charge in [-0.25, -0.2) is 4.79 Å². The number of aromatic carboxylic acids is 1. The number of anilines is 1. The summed E-state index contributed by atoms with van der Waals surface area (Å²) in [6.07, 6.45) is 1.56. The zero-order valence-corrected chi connectivity index (χ0v) is 9.62. The zero-order chi connectivity index (χ0) is 11.1. The van der Waals surface area contributed by atoms with Crippen molar-refractivity contribution in [3.63, 3.8) is 0 Å². The molecular weight excluding hydrogens is 230 g/mol. The molecular formula is C10H14ClN3O2. The highest BCUT2D eigenvalue weighted by Crippen LogP contribution is 2.08. The third-order valence-corrected chi connectivity index (χ3v) is 1.70. The molecule has 1 rings (SSSR count). The number of benzene rings is 1. The molecule has 0 bridgehead atoms. The van der Waals surface area contributed by atoms with E-state index in [2.05, 4.69) is 15.6 Å². The summed E-state index contributed by atoms with van der Waals surface area (Å²) in [4.78, 5) is 14.5. The summed E-state index contributed by atoms with van der Waals surface area (Å²) >= 11 is 0. The van der Waals surface area contributed by atoms with Gasteiger partial charge in [-0.05, 0) is 31.3 Å². The Balaban J connectivity index is 0.00000225. The smallest absolute Gasteiger partial charge is 0.335 e. The molecule has 0 radical (unpaired) electrons. The van der Waals surface area contributed by atoms with Crippen molar-refractivity contribution in [2.45, 2.75) is 0 Å². The van der Waals surface area contributed by atoms with E-state index in [9.17, 15) is 4.79 Å². The molecule has 0 aliphatic rings.